The van der Waals surface area contributed by atoms with E-state index in [9.17, 15) is 4.79 Å². The van der Waals surface area contributed by atoms with Crippen LogP contribution in [0, 0.1) is 0 Å². The lowest BCUT2D eigenvalue weighted by Gasteiger charge is -2.12. The third-order valence-corrected chi connectivity index (χ3v) is 2.99. The molecule has 4 nitrogen and oxygen atoms in total. The first-order chi connectivity index (χ1) is 10.1. The Hall–Kier alpha value is -2.10. The van der Waals surface area contributed by atoms with E-state index in [0.717, 1.165) is 28.6 Å². The number of esters is 1. The van der Waals surface area contributed by atoms with Gasteiger partial charge in [0.25, 0.3) is 0 Å². The number of carbonyl (C=O) groups is 1. The van der Waals surface area contributed by atoms with E-state index in [1.165, 1.54) is 0 Å². The van der Waals surface area contributed by atoms with Crippen LogP contribution in [0.15, 0.2) is 30.5 Å². The molecule has 0 fully saturated rings. The number of ether oxygens (including phenoxy) is 2. The summed E-state index contributed by atoms with van der Waals surface area (Å²) in [6.07, 6.45) is 2.82. The minimum atomic E-state index is -0.225. The zero-order valence-corrected chi connectivity index (χ0v) is 12.8. The molecule has 2 aromatic rings. The Bertz CT molecular complexity index is 622. The molecule has 0 amide bonds. The Morgan fingerprint density at radius 2 is 2.10 bits per heavy atom. The molecule has 0 aliphatic carbocycles. The Kier molecular flexibility index (Phi) is 5.14. The van der Waals surface area contributed by atoms with Crippen molar-refractivity contribution in [3.63, 3.8) is 0 Å². The largest absolute Gasteiger partial charge is 0.491 e. The van der Waals surface area contributed by atoms with E-state index in [0.29, 0.717) is 6.61 Å². The van der Waals surface area contributed by atoms with Gasteiger partial charge in [0.15, 0.2) is 0 Å². The summed E-state index contributed by atoms with van der Waals surface area (Å²) in [5.41, 5.74) is 1.70. The predicted molar refractivity (Wildman–Crippen MR) is 82.5 cm³/mol. The van der Waals surface area contributed by atoms with E-state index in [2.05, 4.69) is 11.9 Å². The maximum absolute atomic E-state index is 11.8. The summed E-state index contributed by atoms with van der Waals surface area (Å²) >= 11 is 0. The van der Waals surface area contributed by atoms with E-state index in [4.69, 9.17) is 9.47 Å². The Morgan fingerprint density at radius 3 is 2.81 bits per heavy atom. The van der Waals surface area contributed by atoms with Crippen LogP contribution in [0.1, 0.15) is 32.8 Å². The molecule has 0 radical (unpaired) electrons. The fourth-order valence-corrected chi connectivity index (χ4v) is 2.15. The van der Waals surface area contributed by atoms with E-state index in [1.54, 1.807) is 6.20 Å². The van der Waals surface area contributed by atoms with Gasteiger partial charge in [0.2, 0.25) is 0 Å². The molecule has 1 aromatic carbocycles. The Labute approximate surface area is 125 Å². The van der Waals surface area contributed by atoms with Crippen LogP contribution in [0.25, 0.3) is 10.9 Å². The SMILES string of the molecule is CCCOc1ccc(CC(=O)OC(C)C)c2cccnc12. The Morgan fingerprint density at radius 1 is 1.29 bits per heavy atom. The second-order valence-corrected chi connectivity index (χ2v) is 5.19. The van der Waals surface area contributed by atoms with E-state index in [1.807, 2.05) is 38.1 Å². The number of rotatable bonds is 6. The van der Waals surface area contributed by atoms with Crippen molar-refractivity contribution in [3.05, 3.63) is 36.0 Å². The number of aromatic nitrogens is 1. The van der Waals surface area contributed by atoms with E-state index >= 15 is 0 Å². The lowest BCUT2D eigenvalue weighted by molar-refractivity contribution is -0.146. The summed E-state index contributed by atoms with van der Waals surface area (Å²) < 4.78 is 10.9. The van der Waals surface area contributed by atoms with Gasteiger partial charge in [-0.25, -0.2) is 0 Å². The molecule has 1 aromatic heterocycles. The third kappa shape index (κ3) is 3.94. The number of fused-ring (bicyclic) bond motifs is 1. The number of pyridine rings is 1. The van der Waals surface area contributed by atoms with Gasteiger partial charge >= 0.3 is 5.97 Å². The van der Waals surface area contributed by atoms with Crippen molar-refractivity contribution in [2.24, 2.45) is 0 Å². The van der Waals surface area contributed by atoms with Crippen LogP contribution in [-0.4, -0.2) is 23.7 Å². The summed E-state index contributed by atoms with van der Waals surface area (Å²) in [4.78, 5) is 16.2. The summed E-state index contributed by atoms with van der Waals surface area (Å²) in [5.74, 6) is 0.533. The first-order valence-electron chi connectivity index (χ1n) is 7.30. The number of hydrogen-bond acceptors (Lipinski definition) is 4. The normalized spacial score (nSPS) is 10.9. The van der Waals surface area contributed by atoms with Gasteiger partial charge in [-0.3, -0.25) is 9.78 Å². The molecule has 21 heavy (non-hydrogen) atoms. The summed E-state index contributed by atoms with van der Waals surface area (Å²) in [6, 6.07) is 7.61. The highest BCUT2D eigenvalue weighted by molar-refractivity contribution is 5.90. The summed E-state index contributed by atoms with van der Waals surface area (Å²) in [7, 11) is 0. The van der Waals surface area contributed by atoms with Gasteiger partial charge in [-0.15, -0.1) is 0 Å². The molecule has 0 atom stereocenters. The predicted octanol–water partition coefficient (Wildman–Crippen LogP) is 3.52. The maximum atomic E-state index is 11.8. The van der Waals surface area contributed by atoms with Crippen molar-refractivity contribution >= 4 is 16.9 Å². The second-order valence-electron chi connectivity index (χ2n) is 5.19. The van der Waals surface area contributed by atoms with E-state index < -0.39 is 0 Å². The smallest absolute Gasteiger partial charge is 0.310 e. The summed E-state index contributed by atoms with van der Waals surface area (Å²) in [6.45, 7) is 6.41. The average molecular weight is 287 g/mol. The highest BCUT2D eigenvalue weighted by Crippen LogP contribution is 2.27. The zero-order valence-electron chi connectivity index (χ0n) is 12.8. The van der Waals surface area contributed by atoms with Crippen LogP contribution in [-0.2, 0) is 16.0 Å². The standard InChI is InChI=1S/C17H21NO3/c1-4-10-20-15-8-7-13(11-16(19)21-12(2)3)14-6-5-9-18-17(14)15/h5-9,12H,4,10-11H2,1-3H3. The van der Waals surface area contributed by atoms with Gasteiger partial charge in [-0.1, -0.05) is 19.1 Å². The van der Waals surface area contributed by atoms with Crippen molar-refractivity contribution in [1.29, 1.82) is 0 Å². The number of nitrogens with zero attached hydrogens (tertiary/aromatic N) is 1. The van der Waals surface area contributed by atoms with Crippen LogP contribution in [0.3, 0.4) is 0 Å². The van der Waals surface area contributed by atoms with Gasteiger partial charge in [0, 0.05) is 11.6 Å². The maximum Gasteiger partial charge on any atom is 0.310 e. The van der Waals surface area contributed by atoms with Gasteiger partial charge in [-0.2, -0.15) is 0 Å². The number of benzene rings is 1. The molecular weight excluding hydrogens is 266 g/mol. The van der Waals surface area contributed by atoms with Crippen molar-refractivity contribution in [2.45, 2.75) is 39.7 Å². The van der Waals surface area contributed by atoms with Crippen molar-refractivity contribution in [2.75, 3.05) is 6.61 Å². The Balaban J connectivity index is 2.31. The molecule has 0 unspecified atom stereocenters. The fourth-order valence-electron chi connectivity index (χ4n) is 2.15. The molecule has 4 heteroatoms. The molecule has 0 aliphatic heterocycles. The molecule has 0 N–H and O–H groups in total. The molecule has 1 heterocycles. The molecule has 2 rings (SSSR count). The van der Waals surface area contributed by atoms with Crippen LogP contribution in [0.4, 0.5) is 0 Å². The van der Waals surface area contributed by atoms with Crippen molar-refractivity contribution in [1.82, 2.24) is 4.98 Å². The molecule has 0 saturated heterocycles. The quantitative estimate of drug-likeness (QED) is 0.763. The lowest BCUT2D eigenvalue weighted by atomic mass is 10.0. The highest BCUT2D eigenvalue weighted by Gasteiger charge is 2.12. The van der Waals surface area contributed by atoms with Crippen LogP contribution in [0.5, 0.6) is 5.75 Å². The van der Waals surface area contributed by atoms with Gasteiger partial charge in [-0.05, 0) is 38.0 Å². The molecule has 0 bridgehead atoms. The number of carbonyl (C=O) groups excluding carboxylic acids is 1. The van der Waals surface area contributed by atoms with Crippen LogP contribution >= 0.6 is 0 Å². The molecular formula is C17H21NO3. The highest BCUT2D eigenvalue weighted by atomic mass is 16.5. The van der Waals surface area contributed by atoms with Gasteiger partial charge < -0.3 is 9.47 Å². The van der Waals surface area contributed by atoms with Crippen LogP contribution in [0.2, 0.25) is 0 Å². The zero-order chi connectivity index (χ0) is 15.2. The minimum absolute atomic E-state index is 0.103. The van der Waals surface area contributed by atoms with Gasteiger partial charge in [0.1, 0.15) is 11.3 Å². The third-order valence-electron chi connectivity index (χ3n) is 2.99. The molecule has 0 aliphatic rings. The monoisotopic (exact) mass is 287 g/mol. The van der Waals surface area contributed by atoms with Gasteiger partial charge in [0.05, 0.1) is 19.1 Å². The average Bonchev–Trinajstić information content (AvgIpc) is 2.45. The second kappa shape index (κ2) is 7.07. The molecule has 0 saturated carbocycles. The fraction of sp³-hybridized carbons (Fsp3) is 0.412. The minimum Gasteiger partial charge on any atom is -0.491 e. The number of hydrogen-bond donors (Lipinski definition) is 0. The van der Waals surface area contributed by atoms with E-state index in [-0.39, 0.29) is 18.5 Å². The van der Waals surface area contributed by atoms with Crippen LogP contribution < -0.4 is 4.74 Å². The first-order valence-corrected chi connectivity index (χ1v) is 7.30. The van der Waals surface area contributed by atoms with Crippen molar-refractivity contribution in [3.8, 4) is 5.75 Å². The first kappa shape index (κ1) is 15.3. The van der Waals surface area contributed by atoms with Crippen molar-refractivity contribution < 1.29 is 14.3 Å². The lowest BCUT2D eigenvalue weighted by Crippen LogP contribution is -2.14. The molecule has 112 valence electrons. The molecule has 0 spiro atoms. The summed E-state index contributed by atoms with van der Waals surface area (Å²) in [5, 5.41) is 0.937. The topological polar surface area (TPSA) is 48.4 Å².